The fourth-order valence-corrected chi connectivity index (χ4v) is 3.49. The smallest absolute Gasteiger partial charge is 0.248 e. The van der Waals surface area contributed by atoms with Crippen LogP contribution in [-0.4, -0.2) is 67.8 Å². The largest absolute Gasteiger partial charge is 0.374 e. The van der Waals surface area contributed by atoms with E-state index in [0.29, 0.717) is 18.7 Å². The number of rotatable bonds is 5. The molecule has 2 aliphatic heterocycles. The van der Waals surface area contributed by atoms with Crippen molar-refractivity contribution >= 4 is 5.91 Å². The van der Waals surface area contributed by atoms with E-state index < -0.39 is 0 Å². The average Bonchev–Trinajstić information content (AvgIpc) is 2.93. The predicted octanol–water partition coefficient (Wildman–Crippen LogP) is 1.66. The fraction of sp³-hybridized carbons (Fsp3) is 0.611. The van der Waals surface area contributed by atoms with E-state index in [-0.39, 0.29) is 36.6 Å². The van der Waals surface area contributed by atoms with Crippen LogP contribution in [0.1, 0.15) is 18.4 Å². The molecule has 132 valence electrons. The van der Waals surface area contributed by atoms with Crippen molar-refractivity contribution in [3.63, 3.8) is 0 Å². The molecule has 0 spiro atoms. The molecule has 24 heavy (non-hydrogen) atoms. The van der Waals surface area contributed by atoms with Crippen molar-refractivity contribution in [1.29, 1.82) is 0 Å². The first-order chi connectivity index (χ1) is 11.6. The van der Waals surface area contributed by atoms with E-state index in [1.54, 1.807) is 20.2 Å². The molecule has 0 N–H and O–H groups in total. The topological polar surface area (TPSA) is 42.0 Å². The van der Waals surface area contributed by atoms with Gasteiger partial charge in [-0.2, -0.15) is 0 Å². The number of hydrogen-bond acceptors (Lipinski definition) is 4. The molecule has 1 aromatic carbocycles. The second-order valence-corrected chi connectivity index (χ2v) is 6.70. The second-order valence-electron chi connectivity index (χ2n) is 6.70. The average molecular weight is 336 g/mol. The lowest BCUT2D eigenvalue weighted by atomic mass is 10.0. The van der Waals surface area contributed by atoms with Crippen LogP contribution in [0.5, 0.6) is 0 Å². The molecule has 2 aliphatic rings. The summed E-state index contributed by atoms with van der Waals surface area (Å²) in [6.45, 7) is 1.97. The Morgan fingerprint density at radius 2 is 2.21 bits per heavy atom. The number of likely N-dealkylation sites (N-methyl/N-ethyl adjacent to an activating group) is 1. The zero-order valence-corrected chi connectivity index (χ0v) is 14.3. The summed E-state index contributed by atoms with van der Waals surface area (Å²) in [5, 5.41) is 0. The van der Waals surface area contributed by atoms with Crippen LogP contribution in [0.15, 0.2) is 24.3 Å². The first-order valence-corrected chi connectivity index (χ1v) is 8.47. The molecule has 3 rings (SSSR count). The number of amides is 1. The minimum Gasteiger partial charge on any atom is -0.374 e. The number of carbonyl (C=O) groups is 1. The van der Waals surface area contributed by atoms with E-state index >= 15 is 0 Å². The Morgan fingerprint density at radius 1 is 1.42 bits per heavy atom. The minimum atomic E-state index is -0.182. The number of likely N-dealkylation sites (tertiary alicyclic amines) is 1. The summed E-state index contributed by atoms with van der Waals surface area (Å²) in [6, 6.07) is 7.08. The van der Waals surface area contributed by atoms with Crippen LogP contribution in [0, 0.1) is 5.82 Å². The van der Waals surface area contributed by atoms with Crippen LogP contribution >= 0.6 is 0 Å². The summed E-state index contributed by atoms with van der Waals surface area (Å²) < 4.78 is 25.7. The second kappa shape index (κ2) is 7.59. The van der Waals surface area contributed by atoms with Crippen LogP contribution in [0.2, 0.25) is 0 Å². The quantitative estimate of drug-likeness (QED) is 0.820. The molecule has 0 aromatic heterocycles. The van der Waals surface area contributed by atoms with Gasteiger partial charge in [0.05, 0.1) is 6.10 Å². The van der Waals surface area contributed by atoms with Crippen molar-refractivity contribution in [2.75, 3.05) is 33.9 Å². The van der Waals surface area contributed by atoms with E-state index in [2.05, 4.69) is 4.90 Å². The summed E-state index contributed by atoms with van der Waals surface area (Å²) in [5.41, 5.74) is 0.687. The molecule has 0 saturated carbocycles. The molecule has 5 nitrogen and oxygen atoms in total. The number of benzene rings is 1. The lowest BCUT2D eigenvalue weighted by molar-refractivity contribution is -0.139. The highest BCUT2D eigenvalue weighted by Crippen LogP contribution is 2.32. The van der Waals surface area contributed by atoms with Gasteiger partial charge in [-0.3, -0.25) is 9.69 Å². The van der Waals surface area contributed by atoms with E-state index in [4.69, 9.17) is 9.47 Å². The molecule has 0 unspecified atom stereocenters. The van der Waals surface area contributed by atoms with Gasteiger partial charge in [-0.05, 0) is 18.9 Å². The van der Waals surface area contributed by atoms with Gasteiger partial charge in [-0.15, -0.1) is 0 Å². The van der Waals surface area contributed by atoms with Gasteiger partial charge in [0.25, 0.3) is 0 Å². The number of hydrogen-bond donors (Lipinski definition) is 0. The van der Waals surface area contributed by atoms with Crippen molar-refractivity contribution in [2.45, 2.75) is 37.6 Å². The van der Waals surface area contributed by atoms with Crippen LogP contribution < -0.4 is 0 Å². The van der Waals surface area contributed by atoms with Crippen molar-refractivity contribution in [2.24, 2.45) is 0 Å². The molecule has 1 aromatic rings. The lowest BCUT2D eigenvalue weighted by Crippen LogP contribution is -2.42. The first-order valence-electron chi connectivity index (χ1n) is 8.47. The third-order valence-corrected chi connectivity index (χ3v) is 4.83. The molecule has 0 radical (unpaired) electrons. The Hall–Kier alpha value is -1.50. The summed E-state index contributed by atoms with van der Waals surface area (Å²) in [5.74, 6) is -0.243. The number of fused-ring (bicyclic) bond motifs is 1. The van der Waals surface area contributed by atoms with Crippen LogP contribution in [0.3, 0.4) is 0 Å². The van der Waals surface area contributed by atoms with Gasteiger partial charge in [-0.25, -0.2) is 4.39 Å². The standard InChI is InChI=1S/C18H25FN2O3/c1-20(2)17(22)12-24-16-11-21(15-8-5-9-23-18(15)16)10-13-6-3-4-7-14(13)19/h3-4,6-7,15-16,18H,5,8-12H2,1-2H3/t15-,16+,18+/m0/s1. The summed E-state index contributed by atoms with van der Waals surface area (Å²) >= 11 is 0. The van der Waals surface area contributed by atoms with Gasteiger partial charge in [0.1, 0.15) is 18.5 Å². The molecule has 0 aliphatic carbocycles. The van der Waals surface area contributed by atoms with Gasteiger partial charge >= 0.3 is 0 Å². The van der Waals surface area contributed by atoms with Gasteiger partial charge in [-0.1, -0.05) is 18.2 Å². The van der Waals surface area contributed by atoms with Crippen LogP contribution in [0.25, 0.3) is 0 Å². The normalized spacial score (nSPS) is 27.0. The highest BCUT2D eigenvalue weighted by Gasteiger charge is 2.44. The Morgan fingerprint density at radius 3 is 2.96 bits per heavy atom. The summed E-state index contributed by atoms with van der Waals surface area (Å²) in [4.78, 5) is 15.5. The highest BCUT2D eigenvalue weighted by molar-refractivity contribution is 5.76. The number of ether oxygens (including phenoxy) is 2. The maximum Gasteiger partial charge on any atom is 0.248 e. The summed E-state index contributed by atoms with van der Waals surface area (Å²) in [6.07, 6.45) is 1.82. The Bertz CT molecular complexity index is 581. The van der Waals surface area contributed by atoms with Crippen molar-refractivity contribution in [1.82, 2.24) is 9.80 Å². The SMILES string of the molecule is CN(C)C(=O)CO[C@@H]1CN(Cc2ccccc2F)[C@H]2CCCO[C@@H]12. The third kappa shape index (κ3) is 3.77. The number of carbonyl (C=O) groups excluding carboxylic acids is 1. The maximum absolute atomic E-state index is 14.0. The zero-order chi connectivity index (χ0) is 17.1. The van der Waals surface area contributed by atoms with Gasteiger partial charge < -0.3 is 14.4 Å². The molecule has 1 amide bonds. The molecule has 0 bridgehead atoms. The minimum absolute atomic E-state index is 0.0412. The van der Waals surface area contributed by atoms with Crippen molar-refractivity contribution in [3.05, 3.63) is 35.6 Å². The Balaban J connectivity index is 1.67. The fourth-order valence-electron chi connectivity index (χ4n) is 3.49. The number of halogens is 1. The molecular formula is C18H25FN2O3. The third-order valence-electron chi connectivity index (χ3n) is 4.83. The molecular weight excluding hydrogens is 311 g/mol. The van der Waals surface area contributed by atoms with Crippen LogP contribution in [0.4, 0.5) is 4.39 Å². The Kier molecular flexibility index (Phi) is 5.48. The first kappa shape index (κ1) is 17.3. The lowest BCUT2D eigenvalue weighted by Gasteiger charge is -2.32. The van der Waals surface area contributed by atoms with Gasteiger partial charge in [0, 0.05) is 45.4 Å². The number of nitrogens with zero attached hydrogens (tertiary/aromatic N) is 2. The van der Waals surface area contributed by atoms with Crippen molar-refractivity contribution < 1.29 is 18.7 Å². The van der Waals surface area contributed by atoms with E-state index in [0.717, 1.165) is 19.4 Å². The molecule has 2 heterocycles. The van der Waals surface area contributed by atoms with E-state index in [1.807, 2.05) is 12.1 Å². The van der Waals surface area contributed by atoms with E-state index in [9.17, 15) is 9.18 Å². The predicted molar refractivity (Wildman–Crippen MR) is 88.0 cm³/mol. The zero-order valence-electron chi connectivity index (χ0n) is 14.3. The van der Waals surface area contributed by atoms with E-state index in [1.165, 1.54) is 11.0 Å². The van der Waals surface area contributed by atoms with Crippen molar-refractivity contribution in [3.8, 4) is 0 Å². The van der Waals surface area contributed by atoms with Gasteiger partial charge in [0.15, 0.2) is 0 Å². The maximum atomic E-state index is 14.0. The molecule has 6 heteroatoms. The Labute approximate surface area is 142 Å². The summed E-state index contributed by atoms with van der Waals surface area (Å²) in [7, 11) is 3.43. The van der Waals surface area contributed by atoms with Crippen LogP contribution in [-0.2, 0) is 20.8 Å². The molecule has 2 saturated heterocycles. The van der Waals surface area contributed by atoms with Gasteiger partial charge in [0.2, 0.25) is 5.91 Å². The monoisotopic (exact) mass is 336 g/mol. The highest BCUT2D eigenvalue weighted by atomic mass is 19.1. The molecule has 2 fully saturated rings. The molecule has 3 atom stereocenters.